The number of halogens is 3. The van der Waals surface area contributed by atoms with E-state index in [0.717, 1.165) is 7.11 Å². The number of nitrogens with zero attached hydrogens (tertiary/aromatic N) is 1. The molecule has 0 aromatic rings. The molecule has 1 rings (SSSR count). The molecule has 1 fully saturated rings. The van der Waals surface area contributed by atoms with Crippen LogP contribution in [0.3, 0.4) is 0 Å². The molecule has 0 unspecified atom stereocenters. The molecule has 0 radical (unpaired) electrons. The van der Waals surface area contributed by atoms with Crippen molar-refractivity contribution in [1.29, 1.82) is 0 Å². The van der Waals surface area contributed by atoms with Crippen molar-refractivity contribution in [2.75, 3.05) is 13.7 Å². The molecular formula is C14H21F3N2O5. The highest BCUT2D eigenvalue weighted by Gasteiger charge is 2.52. The Labute approximate surface area is 137 Å². The zero-order valence-corrected chi connectivity index (χ0v) is 13.8. The maximum atomic E-state index is 12.9. The van der Waals surface area contributed by atoms with Gasteiger partial charge in [-0.15, -0.1) is 0 Å². The number of carboxylic acid groups (broad SMARTS) is 1. The summed E-state index contributed by atoms with van der Waals surface area (Å²) in [5.41, 5.74) is -0.857. The molecule has 0 aromatic carbocycles. The summed E-state index contributed by atoms with van der Waals surface area (Å²) in [6.07, 6.45) is -6.24. The molecule has 2 N–H and O–H groups in total. The van der Waals surface area contributed by atoms with Crippen molar-refractivity contribution < 1.29 is 37.4 Å². The lowest BCUT2D eigenvalue weighted by Crippen LogP contribution is -2.56. The molecule has 138 valence electrons. The lowest BCUT2D eigenvalue weighted by Gasteiger charge is -2.34. The lowest BCUT2D eigenvalue weighted by atomic mass is 9.85. The van der Waals surface area contributed by atoms with Crippen LogP contribution in [0.5, 0.6) is 0 Å². The third-order valence-electron chi connectivity index (χ3n) is 3.89. The fourth-order valence-corrected chi connectivity index (χ4v) is 2.54. The number of methoxy groups -OCH3 is 1. The number of ether oxygens (including phenoxy) is 1. The maximum absolute atomic E-state index is 12.9. The van der Waals surface area contributed by atoms with Gasteiger partial charge in [0.15, 0.2) is 0 Å². The average molecular weight is 354 g/mol. The van der Waals surface area contributed by atoms with Crippen molar-refractivity contribution in [1.82, 2.24) is 10.2 Å². The smallest absolute Gasteiger partial charge is 0.407 e. The number of nitrogens with one attached hydrogen (secondary N) is 1. The summed E-state index contributed by atoms with van der Waals surface area (Å²) in [7, 11) is 1.08. The van der Waals surface area contributed by atoms with E-state index >= 15 is 0 Å². The molecule has 1 aliphatic heterocycles. The number of amides is 2. The Hall–Kier alpha value is -2.00. The van der Waals surface area contributed by atoms with Gasteiger partial charge >= 0.3 is 18.2 Å². The van der Waals surface area contributed by atoms with Crippen LogP contribution in [0.1, 0.15) is 27.2 Å². The molecule has 0 aromatic heterocycles. The summed E-state index contributed by atoms with van der Waals surface area (Å²) in [6, 6.07) is -2.81. The standard InChI is InChI=1S/C14H21F3N2O5/c1-13(2,3)9(18-12(23)24-4)10(20)19-6-7(14(15,16)17)5-8(19)11(21)22/h7-9H,5-6H2,1-4H3,(H,18,23)(H,21,22)/t7-,8+,9-/m1/s1. The fraction of sp³-hybridized carbons (Fsp3) is 0.786. The van der Waals surface area contributed by atoms with Crippen LogP contribution >= 0.6 is 0 Å². The van der Waals surface area contributed by atoms with E-state index < -0.39 is 60.5 Å². The Morgan fingerprint density at radius 1 is 1.25 bits per heavy atom. The highest BCUT2D eigenvalue weighted by atomic mass is 19.4. The van der Waals surface area contributed by atoms with E-state index in [1.807, 2.05) is 0 Å². The van der Waals surface area contributed by atoms with E-state index in [2.05, 4.69) is 10.1 Å². The summed E-state index contributed by atoms with van der Waals surface area (Å²) >= 11 is 0. The van der Waals surface area contributed by atoms with Crippen LogP contribution in [0, 0.1) is 11.3 Å². The average Bonchev–Trinajstić information content (AvgIpc) is 2.87. The Balaban J connectivity index is 3.10. The third kappa shape index (κ3) is 4.51. The third-order valence-corrected chi connectivity index (χ3v) is 3.89. The van der Waals surface area contributed by atoms with Crippen LogP contribution in [0.4, 0.5) is 18.0 Å². The van der Waals surface area contributed by atoms with Crippen LogP contribution in [-0.2, 0) is 14.3 Å². The van der Waals surface area contributed by atoms with Gasteiger partial charge in [0.1, 0.15) is 12.1 Å². The molecular weight excluding hydrogens is 333 g/mol. The predicted octanol–water partition coefficient (Wildman–Crippen LogP) is 1.62. The summed E-state index contributed by atoms with van der Waals surface area (Å²) < 4.78 is 43.2. The molecule has 1 aliphatic rings. The molecule has 1 heterocycles. The Bertz CT molecular complexity index is 516. The SMILES string of the molecule is COC(=O)N[C@H](C(=O)N1C[C@H](C(F)(F)F)C[C@H]1C(=O)O)C(C)(C)C. The number of carboxylic acids is 1. The molecule has 3 atom stereocenters. The largest absolute Gasteiger partial charge is 0.480 e. The molecule has 0 saturated carbocycles. The second-order valence-electron chi connectivity index (χ2n) is 6.75. The summed E-state index contributed by atoms with van der Waals surface area (Å²) in [6.45, 7) is 4.03. The first-order chi connectivity index (χ1) is 10.8. The Kier molecular flexibility index (Phi) is 5.73. The Morgan fingerprint density at radius 2 is 1.79 bits per heavy atom. The predicted molar refractivity (Wildman–Crippen MR) is 76.1 cm³/mol. The highest BCUT2D eigenvalue weighted by molar-refractivity contribution is 5.90. The van der Waals surface area contributed by atoms with Crippen molar-refractivity contribution in [3.8, 4) is 0 Å². The molecule has 1 saturated heterocycles. The maximum Gasteiger partial charge on any atom is 0.407 e. The van der Waals surface area contributed by atoms with Crippen LogP contribution < -0.4 is 5.32 Å². The monoisotopic (exact) mass is 354 g/mol. The van der Waals surface area contributed by atoms with Gasteiger partial charge in [-0.25, -0.2) is 9.59 Å². The van der Waals surface area contributed by atoms with Gasteiger partial charge in [-0.2, -0.15) is 13.2 Å². The van der Waals surface area contributed by atoms with E-state index in [4.69, 9.17) is 5.11 Å². The summed E-state index contributed by atoms with van der Waals surface area (Å²) in [4.78, 5) is 36.0. The molecule has 0 spiro atoms. The van der Waals surface area contributed by atoms with Gasteiger partial charge < -0.3 is 20.1 Å². The van der Waals surface area contributed by atoms with Crippen LogP contribution in [0.2, 0.25) is 0 Å². The van der Waals surface area contributed by atoms with E-state index in [1.54, 1.807) is 20.8 Å². The molecule has 0 aliphatic carbocycles. The van der Waals surface area contributed by atoms with Crippen LogP contribution in [-0.4, -0.2) is 59.9 Å². The van der Waals surface area contributed by atoms with Gasteiger partial charge in [0, 0.05) is 6.54 Å². The topological polar surface area (TPSA) is 95.9 Å². The van der Waals surface area contributed by atoms with Crippen molar-refractivity contribution in [3.05, 3.63) is 0 Å². The quantitative estimate of drug-likeness (QED) is 0.803. The van der Waals surface area contributed by atoms with Gasteiger partial charge in [0.05, 0.1) is 13.0 Å². The van der Waals surface area contributed by atoms with Crippen LogP contribution in [0.25, 0.3) is 0 Å². The number of alkyl halides is 3. The Morgan fingerprint density at radius 3 is 2.17 bits per heavy atom. The zero-order chi connectivity index (χ0) is 18.9. The zero-order valence-electron chi connectivity index (χ0n) is 13.8. The molecule has 24 heavy (non-hydrogen) atoms. The second-order valence-corrected chi connectivity index (χ2v) is 6.75. The van der Waals surface area contributed by atoms with Crippen molar-refractivity contribution >= 4 is 18.0 Å². The number of aliphatic carboxylic acids is 1. The summed E-state index contributed by atoms with van der Waals surface area (Å²) in [5, 5.41) is 11.4. The molecule has 2 amide bonds. The number of hydrogen-bond acceptors (Lipinski definition) is 4. The number of hydrogen-bond donors (Lipinski definition) is 2. The highest BCUT2D eigenvalue weighted by Crippen LogP contribution is 2.37. The number of rotatable bonds is 3. The second kappa shape index (κ2) is 6.86. The van der Waals surface area contributed by atoms with Crippen molar-refractivity contribution in [3.63, 3.8) is 0 Å². The van der Waals surface area contributed by atoms with Gasteiger partial charge in [-0.1, -0.05) is 20.8 Å². The minimum Gasteiger partial charge on any atom is -0.480 e. The normalized spacial score (nSPS) is 22.9. The van der Waals surface area contributed by atoms with Crippen LogP contribution in [0.15, 0.2) is 0 Å². The molecule has 7 nitrogen and oxygen atoms in total. The minimum absolute atomic E-state index is 0.673. The van der Waals surface area contributed by atoms with E-state index in [9.17, 15) is 27.6 Å². The van der Waals surface area contributed by atoms with E-state index in [0.29, 0.717) is 4.90 Å². The number of carbonyl (C=O) groups is 3. The van der Waals surface area contributed by atoms with Crippen molar-refractivity contribution in [2.24, 2.45) is 11.3 Å². The van der Waals surface area contributed by atoms with Gasteiger partial charge in [0.25, 0.3) is 0 Å². The van der Waals surface area contributed by atoms with Gasteiger partial charge in [-0.3, -0.25) is 4.79 Å². The number of likely N-dealkylation sites (tertiary alicyclic amines) is 1. The van der Waals surface area contributed by atoms with Crippen molar-refractivity contribution in [2.45, 2.75) is 45.5 Å². The van der Waals surface area contributed by atoms with Gasteiger partial charge in [-0.05, 0) is 11.8 Å². The number of alkyl carbamates (subject to hydrolysis) is 1. The summed E-state index contributed by atoms with van der Waals surface area (Å²) in [5.74, 6) is -4.31. The lowest BCUT2D eigenvalue weighted by molar-refractivity contribution is -0.171. The van der Waals surface area contributed by atoms with E-state index in [1.165, 1.54) is 0 Å². The first-order valence-corrected chi connectivity index (χ1v) is 7.23. The van der Waals surface area contributed by atoms with Gasteiger partial charge in [0.2, 0.25) is 5.91 Å². The minimum atomic E-state index is -4.60. The molecule has 10 heteroatoms. The first kappa shape index (κ1) is 20.0. The first-order valence-electron chi connectivity index (χ1n) is 7.23. The van der Waals surface area contributed by atoms with E-state index in [-0.39, 0.29) is 0 Å². The fourth-order valence-electron chi connectivity index (χ4n) is 2.54. The molecule has 0 bridgehead atoms. The number of carbonyl (C=O) groups excluding carboxylic acids is 2.